The van der Waals surface area contributed by atoms with Crippen LogP contribution in [0.4, 0.5) is 5.82 Å². The van der Waals surface area contributed by atoms with Gasteiger partial charge in [0.15, 0.2) is 0 Å². The van der Waals surface area contributed by atoms with Crippen molar-refractivity contribution in [1.29, 1.82) is 0 Å². The van der Waals surface area contributed by atoms with Gasteiger partial charge in [0.05, 0.1) is 0 Å². The summed E-state index contributed by atoms with van der Waals surface area (Å²) in [5, 5.41) is 0. The zero-order valence-corrected chi connectivity index (χ0v) is 10.5. The van der Waals surface area contributed by atoms with Gasteiger partial charge in [0.25, 0.3) is 0 Å². The SMILES string of the molecule is CCc1nc(N)cc(OCCN(C)C2CC2)n1. The number of likely N-dealkylation sites (N-methyl/N-ethyl adjacent to an activating group) is 1. The van der Waals surface area contributed by atoms with Gasteiger partial charge >= 0.3 is 0 Å². The number of nitrogens with two attached hydrogens (primary N) is 1. The second-order valence-electron chi connectivity index (χ2n) is 4.46. The fourth-order valence-corrected chi connectivity index (χ4v) is 1.72. The number of aryl methyl sites for hydroxylation is 1. The molecule has 94 valence electrons. The molecular weight excluding hydrogens is 216 g/mol. The Morgan fingerprint density at radius 2 is 2.24 bits per heavy atom. The molecule has 1 aromatic heterocycles. The van der Waals surface area contributed by atoms with E-state index in [9.17, 15) is 0 Å². The molecule has 17 heavy (non-hydrogen) atoms. The van der Waals surface area contributed by atoms with E-state index in [4.69, 9.17) is 10.5 Å². The van der Waals surface area contributed by atoms with E-state index in [2.05, 4.69) is 21.9 Å². The first-order valence-corrected chi connectivity index (χ1v) is 6.15. The largest absolute Gasteiger partial charge is 0.476 e. The molecule has 1 saturated carbocycles. The monoisotopic (exact) mass is 236 g/mol. The summed E-state index contributed by atoms with van der Waals surface area (Å²) in [6, 6.07) is 2.44. The first-order valence-electron chi connectivity index (χ1n) is 6.15. The minimum atomic E-state index is 0.474. The Hall–Kier alpha value is -1.36. The van der Waals surface area contributed by atoms with Gasteiger partial charge in [0.1, 0.15) is 18.2 Å². The van der Waals surface area contributed by atoms with Crippen LogP contribution in [-0.4, -0.2) is 41.1 Å². The number of ether oxygens (including phenoxy) is 1. The van der Waals surface area contributed by atoms with Crippen LogP contribution in [0.1, 0.15) is 25.6 Å². The lowest BCUT2D eigenvalue weighted by atomic mass is 10.4. The summed E-state index contributed by atoms with van der Waals surface area (Å²) in [7, 11) is 2.13. The molecule has 2 rings (SSSR count). The van der Waals surface area contributed by atoms with Gasteiger partial charge in [-0.05, 0) is 19.9 Å². The molecule has 0 aliphatic heterocycles. The van der Waals surface area contributed by atoms with Crippen molar-refractivity contribution in [2.24, 2.45) is 0 Å². The highest BCUT2D eigenvalue weighted by molar-refractivity contribution is 5.32. The maximum absolute atomic E-state index is 5.68. The van der Waals surface area contributed by atoms with Crippen molar-refractivity contribution in [1.82, 2.24) is 14.9 Å². The molecule has 5 heteroatoms. The smallest absolute Gasteiger partial charge is 0.218 e. The van der Waals surface area contributed by atoms with Crippen LogP contribution >= 0.6 is 0 Å². The molecule has 1 fully saturated rings. The van der Waals surface area contributed by atoms with Crippen molar-refractivity contribution in [3.05, 3.63) is 11.9 Å². The van der Waals surface area contributed by atoms with Crippen LogP contribution in [0, 0.1) is 0 Å². The maximum Gasteiger partial charge on any atom is 0.218 e. The molecule has 0 unspecified atom stereocenters. The number of anilines is 1. The molecule has 0 amide bonds. The summed E-state index contributed by atoms with van der Waals surface area (Å²) in [4.78, 5) is 10.7. The van der Waals surface area contributed by atoms with Crippen LogP contribution in [-0.2, 0) is 6.42 Å². The van der Waals surface area contributed by atoms with E-state index in [1.165, 1.54) is 12.8 Å². The Morgan fingerprint density at radius 3 is 2.88 bits per heavy atom. The Morgan fingerprint density at radius 1 is 1.47 bits per heavy atom. The molecular formula is C12H20N4O. The molecule has 1 aliphatic rings. The van der Waals surface area contributed by atoms with Crippen molar-refractivity contribution in [3.8, 4) is 5.88 Å². The van der Waals surface area contributed by atoms with Gasteiger partial charge < -0.3 is 15.4 Å². The summed E-state index contributed by atoms with van der Waals surface area (Å²) < 4.78 is 5.61. The van der Waals surface area contributed by atoms with Crippen molar-refractivity contribution in [2.75, 3.05) is 25.9 Å². The summed E-state index contributed by atoms with van der Waals surface area (Å²) >= 11 is 0. The fourth-order valence-electron chi connectivity index (χ4n) is 1.72. The van der Waals surface area contributed by atoms with Crippen LogP contribution < -0.4 is 10.5 Å². The highest BCUT2D eigenvalue weighted by Gasteiger charge is 2.25. The highest BCUT2D eigenvalue weighted by Crippen LogP contribution is 2.24. The summed E-state index contributed by atoms with van der Waals surface area (Å²) in [6.07, 6.45) is 3.40. The van der Waals surface area contributed by atoms with Crippen molar-refractivity contribution in [2.45, 2.75) is 32.2 Å². The molecule has 1 aliphatic carbocycles. The third-order valence-corrected chi connectivity index (χ3v) is 2.95. The molecule has 2 N–H and O–H groups in total. The van der Waals surface area contributed by atoms with Crippen LogP contribution in [0.15, 0.2) is 6.07 Å². The number of hydrogen-bond acceptors (Lipinski definition) is 5. The van der Waals surface area contributed by atoms with Crippen LogP contribution in [0.2, 0.25) is 0 Å². The highest BCUT2D eigenvalue weighted by atomic mass is 16.5. The predicted octanol–water partition coefficient (Wildman–Crippen LogP) is 1.09. The zero-order chi connectivity index (χ0) is 12.3. The Bertz CT molecular complexity index is 379. The van der Waals surface area contributed by atoms with Gasteiger partial charge in [-0.3, -0.25) is 0 Å². The van der Waals surface area contributed by atoms with Gasteiger partial charge in [0, 0.05) is 25.1 Å². The Kier molecular flexibility index (Phi) is 3.78. The number of aromatic nitrogens is 2. The third kappa shape index (κ3) is 3.56. The van der Waals surface area contributed by atoms with Crippen molar-refractivity contribution >= 4 is 5.82 Å². The van der Waals surface area contributed by atoms with E-state index in [1.54, 1.807) is 6.07 Å². The molecule has 0 spiro atoms. The number of nitrogen functional groups attached to an aromatic ring is 1. The molecule has 0 atom stereocenters. The van der Waals surface area contributed by atoms with E-state index in [-0.39, 0.29) is 0 Å². The third-order valence-electron chi connectivity index (χ3n) is 2.95. The minimum absolute atomic E-state index is 0.474. The molecule has 1 heterocycles. The first kappa shape index (κ1) is 12.1. The molecule has 5 nitrogen and oxygen atoms in total. The molecule has 1 aromatic rings. The average molecular weight is 236 g/mol. The van der Waals surface area contributed by atoms with Gasteiger partial charge in [-0.25, -0.2) is 4.98 Å². The topological polar surface area (TPSA) is 64.3 Å². The van der Waals surface area contributed by atoms with Crippen LogP contribution in [0.5, 0.6) is 5.88 Å². The van der Waals surface area contributed by atoms with E-state index in [0.717, 1.165) is 24.8 Å². The van der Waals surface area contributed by atoms with Gasteiger partial charge in [0.2, 0.25) is 5.88 Å². The second-order valence-corrected chi connectivity index (χ2v) is 4.46. The second kappa shape index (κ2) is 5.31. The lowest BCUT2D eigenvalue weighted by Crippen LogP contribution is -2.26. The summed E-state index contributed by atoms with van der Waals surface area (Å²) in [5.74, 6) is 1.79. The standard InChI is InChI=1S/C12H20N4O/c1-3-11-14-10(13)8-12(15-11)17-7-6-16(2)9-4-5-9/h8-9H,3-7H2,1-2H3,(H2,13,14,15). The molecule has 0 aromatic carbocycles. The van der Waals surface area contributed by atoms with Crippen LogP contribution in [0.3, 0.4) is 0 Å². The van der Waals surface area contributed by atoms with E-state index >= 15 is 0 Å². The van der Waals surface area contributed by atoms with Crippen molar-refractivity contribution < 1.29 is 4.74 Å². The Labute approximate surface area is 102 Å². The molecule has 0 radical (unpaired) electrons. The van der Waals surface area contributed by atoms with Gasteiger partial charge in [-0.15, -0.1) is 0 Å². The van der Waals surface area contributed by atoms with Crippen LogP contribution in [0.25, 0.3) is 0 Å². The van der Waals surface area contributed by atoms with Gasteiger partial charge in [-0.1, -0.05) is 6.92 Å². The minimum Gasteiger partial charge on any atom is -0.476 e. The summed E-state index contributed by atoms with van der Waals surface area (Å²) in [6.45, 7) is 3.57. The number of rotatable bonds is 6. The normalized spacial score (nSPS) is 15.2. The van der Waals surface area contributed by atoms with E-state index in [1.807, 2.05) is 6.92 Å². The molecule has 0 saturated heterocycles. The lowest BCUT2D eigenvalue weighted by Gasteiger charge is -2.15. The van der Waals surface area contributed by atoms with E-state index in [0.29, 0.717) is 18.3 Å². The molecule has 0 bridgehead atoms. The number of hydrogen-bond donors (Lipinski definition) is 1. The number of nitrogens with zero attached hydrogens (tertiary/aromatic N) is 3. The average Bonchev–Trinajstić information content (AvgIpc) is 3.12. The fraction of sp³-hybridized carbons (Fsp3) is 0.667. The zero-order valence-electron chi connectivity index (χ0n) is 10.5. The lowest BCUT2D eigenvalue weighted by molar-refractivity contribution is 0.226. The van der Waals surface area contributed by atoms with Gasteiger partial charge in [-0.2, -0.15) is 4.98 Å². The first-order chi connectivity index (χ1) is 8.19. The van der Waals surface area contributed by atoms with Crippen molar-refractivity contribution in [3.63, 3.8) is 0 Å². The summed E-state index contributed by atoms with van der Waals surface area (Å²) in [5.41, 5.74) is 5.68. The predicted molar refractivity (Wildman–Crippen MR) is 67.0 cm³/mol. The maximum atomic E-state index is 5.68. The Balaban J connectivity index is 1.83. The quantitative estimate of drug-likeness (QED) is 0.801. The van der Waals surface area contributed by atoms with E-state index < -0.39 is 0 Å².